The van der Waals surface area contributed by atoms with E-state index in [4.69, 9.17) is 4.74 Å². The fraction of sp³-hybridized carbons (Fsp3) is 0.588. The van der Waals surface area contributed by atoms with Gasteiger partial charge in [0.05, 0.1) is 26.2 Å². The second-order valence-corrected chi connectivity index (χ2v) is 6.01. The van der Waals surface area contributed by atoms with E-state index < -0.39 is 0 Å². The van der Waals surface area contributed by atoms with E-state index in [9.17, 15) is 4.79 Å². The van der Waals surface area contributed by atoms with Gasteiger partial charge in [-0.2, -0.15) is 0 Å². The first kappa shape index (κ1) is 16.6. The summed E-state index contributed by atoms with van der Waals surface area (Å²) in [6.07, 6.45) is 2.21. The van der Waals surface area contributed by atoms with Crippen LogP contribution in [0.2, 0.25) is 0 Å². The molecule has 0 spiro atoms. The van der Waals surface area contributed by atoms with Crippen molar-refractivity contribution in [2.24, 2.45) is 0 Å². The Labute approximate surface area is 133 Å². The molecule has 0 bridgehead atoms. The Hall–Kier alpha value is -1.75. The zero-order chi connectivity index (χ0) is 15.9. The van der Waals surface area contributed by atoms with Gasteiger partial charge < -0.3 is 19.9 Å². The summed E-state index contributed by atoms with van der Waals surface area (Å²) in [5.41, 5.74) is 2.47. The van der Waals surface area contributed by atoms with Gasteiger partial charge in [-0.15, -0.1) is 0 Å². The van der Waals surface area contributed by atoms with Crippen molar-refractivity contribution in [2.75, 3.05) is 45.2 Å². The van der Waals surface area contributed by atoms with Crippen LogP contribution in [0.1, 0.15) is 31.4 Å². The third-order valence-corrected chi connectivity index (χ3v) is 4.28. The summed E-state index contributed by atoms with van der Waals surface area (Å²) < 4.78 is 4.98. The molecule has 0 saturated carbocycles. The molecule has 0 aliphatic carbocycles. The van der Waals surface area contributed by atoms with Crippen LogP contribution in [0.3, 0.4) is 0 Å². The maximum atomic E-state index is 11.6. The van der Waals surface area contributed by atoms with Crippen molar-refractivity contribution in [2.45, 2.75) is 25.8 Å². The van der Waals surface area contributed by atoms with Gasteiger partial charge in [-0.25, -0.2) is 4.79 Å². The third-order valence-electron chi connectivity index (χ3n) is 4.28. The molecule has 1 aliphatic heterocycles. The van der Waals surface area contributed by atoms with Gasteiger partial charge in [-0.1, -0.05) is 12.1 Å². The number of carbonyl (C=O) groups excluding carboxylic acids is 1. The second-order valence-electron chi connectivity index (χ2n) is 6.01. The van der Waals surface area contributed by atoms with Crippen molar-refractivity contribution in [1.29, 1.82) is 0 Å². The Morgan fingerprint density at radius 3 is 2.45 bits per heavy atom. The number of nitrogens with zero attached hydrogens (tertiary/aromatic N) is 1. The van der Waals surface area contributed by atoms with E-state index in [0.29, 0.717) is 19.2 Å². The Balaban J connectivity index is 2.07. The largest absolute Gasteiger partial charge is 0.450 e. The van der Waals surface area contributed by atoms with Crippen molar-refractivity contribution in [3.8, 4) is 0 Å². The quantitative estimate of drug-likeness (QED) is 0.831. The Morgan fingerprint density at radius 1 is 1.27 bits per heavy atom. The number of ether oxygens (including phenoxy) is 1. The number of benzene rings is 1. The molecule has 1 saturated heterocycles. The molecule has 0 radical (unpaired) electrons. The number of rotatable bonds is 6. The van der Waals surface area contributed by atoms with Gasteiger partial charge in [-0.3, -0.25) is 0 Å². The Bertz CT molecular complexity index is 467. The van der Waals surface area contributed by atoms with E-state index in [1.165, 1.54) is 37.2 Å². The zero-order valence-corrected chi connectivity index (χ0v) is 13.9. The minimum Gasteiger partial charge on any atom is -0.450 e. The van der Waals surface area contributed by atoms with Crippen molar-refractivity contribution >= 4 is 11.8 Å². The molecular formula is C17H28N3O2+. The van der Waals surface area contributed by atoms with E-state index in [0.717, 1.165) is 0 Å². The van der Waals surface area contributed by atoms with E-state index >= 15 is 0 Å². The summed E-state index contributed by atoms with van der Waals surface area (Å²) in [6, 6.07) is 8.93. The van der Waals surface area contributed by atoms with Gasteiger partial charge >= 0.3 is 6.09 Å². The van der Waals surface area contributed by atoms with E-state index in [-0.39, 0.29) is 6.09 Å². The lowest BCUT2D eigenvalue weighted by Crippen LogP contribution is -3.11. The minimum atomic E-state index is -0.323. The highest BCUT2D eigenvalue weighted by Gasteiger charge is 2.27. The van der Waals surface area contributed by atoms with Crippen LogP contribution in [0.25, 0.3) is 0 Å². The lowest BCUT2D eigenvalue weighted by atomic mass is 10.0. The molecular weight excluding hydrogens is 278 g/mol. The molecule has 2 rings (SSSR count). The first-order valence-corrected chi connectivity index (χ1v) is 8.14. The predicted molar refractivity (Wildman–Crippen MR) is 88.5 cm³/mol. The van der Waals surface area contributed by atoms with Crippen LogP contribution < -0.4 is 15.1 Å². The van der Waals surface area contributed by atoms with Crippen LogP contribution in [-0.4, -0.2) is 46.4 Å². The number of anilines is 1. The van der Waals surface area contributed by atoms with Gasteiger partial charge in [0.25, 0.3) is 0 Å². The van der Waals surface area contributed by atoms with Crippen molar-refractivity contribution < 1.29 is 14.4 Å². The number of hydrogen-bond donors (Lipinski definition) is 2. The minimum absolute atomic E-state index is 0.295. The van der Waals surface area contributed by atoms with Crippen LogP contribution in [0.15, 0.2) is 24.3 Å². The highest BCUT2D eigenvalue weighted by atomic mass is 16.5. The number of nitrogens with one attached hydrogen (secondary N) is 2. The molecule has 1 amide bonds. The maximum Gasteiger partial charge on any atom is 0.407 e. The summed E-state index contributed by atoms with van der Waals surface area (Å²) in [6.45, 7) is 5.19. The standard InChI is InChI=1S/C17H27N3O2/c1-4-22-17(21)18-13-16(20-11-5-6-12-20)14-7-9-15(10-8-14)19(2)3/h7-10,16H,4-6,11-13H2,1-3H3,(H,18,21)/p+1/t16-/m0/s1. The average molecular weight is 306 g/mol. The average Bonchev–Trinajstić information content (AvgIpc) is 3.02. The van der Waals surface area contributed by atoms with Crippen LogP contribution in [-0.2, 0) is 4.74 Å². The lowest BCUT2D eigenvalue weighted by Gasteiger charge is -2.25. The molecule has 5 nitrogen and oxygen atoms in total. The number of hydrogen-bond acceptors (Lipinski definition) is 3. The lowest BCUT2D eigenvalue weighted by molar-refractivity contribution is -0.918. The molecule has 1 atom stereocenters. The fourth-order valence-electron chi connectivity index (χ4n) is 3.05. The predicted octanol–water partition coefficient (Wildman–Crippen LogP) is 1.22. The molecule has 5 heteroatoms. The highest BCUT2D eigenvalue weighted by molar-refractivity contribution is 5.67. The monoisotopic (exact) mass is 306 g/mol. The number of amides is 1. The van der Waals surface area contributed by atoms with Gasteiger partial charge in [0.2, 0.25) is 0 Å². The zero-order valence-electron chi connectivity index (χ0n) is 13.9. The number of alkyl carbamates (subject to hydrolysis) is 1. The van der Waals surface area contributed by atoms with E-state index in [2.05, 4.69) is 34.5 Å². The van der Waals surface area contributed by atoms with E-state index in [1.807, 2.05) is 21.0 Å². The molecule has 0 unspecified atom stereocenters. The molecule has 22 heavy (non-hydrogen) atoms. The maximum absolute atomic E-state index is 11.6. The van der Waals surface area contributed by atoms with Crippen molar-refractivity contribution in [3.05, 3.63) is 29.8 Å². The Kier molecular flexibility index (Phi) is 6.07. The van der Waals surface area contributed by atoms with Crippen molar-refractivity contribution in [3.63, 3.8) is 0 Å². The molecule has 1 aromatic rings. The van der Waals surface area contributed by atoms with Gasteiger partial charge in [0.1, 0.15) is 6.04 Å². The topological polar surface area (TPSA) is 46.0 Å². The number of quaternary nitrogens is 1. The smallest absolute Gasteiger partial charge is 0.407 e. The summed E-state index contributed by atoms with van der Waals surface area (Å²) in [4.78, 5) is 15.2. The van der Waals surface area contributed by atoms with Crippen LogP contribution in [0.4, 0.5) is 10.5 Å². The third kappa shape index (κ3) is 4.37. The molecule has 1 fully saturated rings. The molecule has 122 valence electrons. The molecule has 2 N–H and O–H groups in total. The SMILES string of the molecule is CCOC(=O)NC[C@@H](c1ccc(N(C)C)cc1)[NH+]1CCCC1. The Morgan fingerprint density at radius 2 is 1.91 bits per heavy atom. The second kappa shape index (κ2) is 8.03. The first-order chi connectivity index (χ1) is 10.6. The normalized spacial score (nSPS) is 16.3. The summed E-state index contributed by atoms with van der Waals surface area (Å²) in [7, 11) is 4.08. The van der Waals surface area contributed by atoms with Crippen LogP contribution in [0.5, 0.6) is 0 Å². The van der Waals surface area contributed by atoms with Crippen molar-refractivity contribution in [1.82, 2.24) is 5.32 Å². The molecule has 1 heterocycles. The first-order valence-electron chi connectivity index (χ1n) is 8.14. The van der Waals surface area contributed by atoms with Crippen LogP contribution >= 0.6 is 0 Å². The summed E-state index contributed by atoms with van der Waals surface area (Å²) >= 11 is 0. The molecule has 1 aliphatic rings. The highest BCUT2D eigenvalue weighted by Crippen LogP contribution is 2.17. The van der Waals surface area contributed by atoms with Gasteiger partial charge in [0.15, 0.2) is 0 Å². The summed E-state index contributed by atoms with van der Waals surface area (Å²) in [5, 5.41) is 2.90. The molecule has 1 aromatic carbocycles. The van der Waals surface area contributed by atoms with Gasteiger partial charge in [-0.05, 0) is 19.1 Å². The van der Waals surface area contributed by atoms with Crippen LogP contribution in [0, 0.1) is 0 Å². The molecule has 0 aromatic heterocycles. The van der Waals surface area contributed by atoms with Gasteiger partial charge in [0, 0.05) is 38.2 Å². The summed E-state index contributed by atoms with van der Waals surface area (Å²) in [5.74, 6) is 0. The fourth-order valence-corrected chi connectivity index (χ4v) is 3.05. The van der Waals surface area contributed by atoms with E-state index in [1.54, 1.807) is 4.90 Å². The number of likely N-dealkylation sites (tertiary alicyclic amines) is 1. The number of carbonyl (C=O) groups is 1.